The number of pyridine rings is 1. The molecule has 4 aromatic rings. The maximum atomic E-state index is 12.9. The third-order valence-corrected chi connectivity index (χ3v) is 5.10. The van der Waals surface area contributed by atoms with Crippen LogP contribution in [-0.4, -0.2) is 26.8 Å². The number of nitrogens with one attached hydrogen (secondary N) is 3. The third kappa shape index (κ3) is 6.12. The Morgan fingerprint density at radius 3 is 2.39 bits per heavy atom. The van der Waals surface area contributed by atoms with Gasteiger partial charge in [0.15, 0.2) is 11.5 Å². The molecule has 36 heavy (non-hydrogen) atoms. The van der Waals surface area contributed by atoms with Crippen molar-refractivity contribution in [3.63, 3.8) is 0 Å². The van der Waals surface area contributed by atoms with Gasteiger partial charge in [-0.3, -0.25) is 4.79 Å². The Morgan fingerprint density at radius 1 is 0.944 bits per heavy atom. The largest absolute Gasteiger partial charge is 0.416 e. The lowest BCUT2D eigenvalue weighted by Gasteiger charge is -2.12. The number of rotatable bonds is 6. The second-order valence-electron chi connectivity index (χ2n) is 8.08. The maximum Gasteiger partial charge on any atom is 0.416 e. The van der Waals surface area contributed by atoms with Crippen LogP contribution < -0.4 is 16.0 Å². The Balaban J connectivity index is 1.46. The molecule has 0 radical (unpaired) electrons. The van der Waals surface area contributed by atoms with Crippen LogP contribution in [0.3, 0.4) is 0 Å². The highest BCUT2D eigenvalue weighted by atomic mass is 19.4. The van der Waals surface area contributed by atoms with Gasteiger partial charge in [0.25, 0.3) is 0 Å². The van der Waals surface area contributed by atoms with Gasteiger partial charge in [-0.1, -0.05) is 18.2 Å². The van der Waals surface area contributed by atoms with Crippen molar-refractivity contribution in [2.45, 2.75) is 26.4 Å². The molecule has 3 N–H and O–H groups in total. The minimum Gasteiger partial charge on any atom is -0.339 e. The van der Waals surface area contributed by atoms with E-state index >= 15 is 0 Å². The zero-order valence-electron chi connectivity index (χ0n) is 19.3. The number of carbonyl (C=O) groups is 2. The number of carbonyl (C=O) groups excluding carboxylic acids is 2. The SMILES string of the molecule is CC(=O)Cc1ccc(Nc2cnc3cc(NC(=O)Nc4cccc(C(F)(F)F)c4)c(C)nc3n2)cc1. The van der Waals surface area contributed by atoms with Gasteiger partial charge in [0.1, 0.15) is 11.3 Å². The van der Waals surface area contributed by atoms with E-state index in [1.54, 1.807) is 13.0 Å². The molecule has 0 saturated heterocycles. The van der Waals surface area contributed by atoms with E-state index in [1.807, 2.05) is 24.3 Å². The summed E-state index contributed by atoms with van der Waals surface area (Å²) in [5.41, 5.74) is 2.34. The molecule has 0 aliphatic rings. The number of nitrogens with zero attached hydrogens (tertiary/aromatic N) is 3. The number of fused-ring (bicyclic) bond motifs is 1. The lowest BCUT2D eigenvalue weighted by Crippen LogP contribution is -2.20. The average molecular weight is 494 g/mol. The number of hydrogen-bond donors (Lipinski definition) is 3. The highest BCUT2D eigenvalue weighted by Crippen LogP contribution is 2.30. The van der Waals surface area contributed by atoms with E-state index in [2.05, 4.69) is 30.9 Å². The Bertz CT molecular complexity index is 1440. The van der Waals surface area contributed by atoms with Crippen LogP contribution in [0.5, 0.6) is 0 Å². The van der Waals surface area contributed by atoms with Gasteiger partial charge in [0.05, 0.1) is 23.1 Å². The highest BCUT2D eigenvalue weighted by molar-refractivity contribution is 6.01. The molecule has 11 heteroatoms. The first-order chi connectivity index (χ1) is 17.1. The number of urea groups is 1. The van der Waals surface area contributed by atoms with Gasteiger partial charge >= 0.3 is 12.2 Å². The van der Waals surface area contributed by atoms with Gasteiger partial charge in [0, 0.05) is 17.8 Å². The van der Waals surface area contributed by atoms with E-state index in [1.165, 1.54) is 25.3 Å². The molecule has 0 saturated carbocycles. The topological polar surface area (TPSA) is 109 Å². The number of aryl methyl sites for hydroxylation is 1. The molecule has 0 bridgehead atoms. The van der Waals surface area contributed by atoms with Crippen LogP contribution in [0, 0.1) is 6.92 Å². The average Bonchev–Trinajstić information content (AvgIpc) is 2.80. The molecule has 0 atom stereocenters. The summed E-state index contributed by atoms with van der Waals surface area (Å²) in [6.45, 7) is 3.20. The number of Topliss-reactive ketones (excluding diaryl/α,β-unsaturated/α-hetero) is 1. The number of ketones is 1. The van der Waals surface area contributed by atoms with Crippen molar-refractivity contribution < 1.29 is 22.8 Å². The zero-order valence-corrected chi connectivity index (χ0v) is 19.3. The minimum absolute atomic E-state index is 0.00133. The van der Waals surface area contributed by atoms with Crippen LogP contribution in [-0.2, 0) is 17.4 Å². The van der Waals surface area contributed by atoms with Crippen LogP contribution in [0.4, 0.5) is 40.8 Å². The fourth-order valence-electron chi connectivity index (χ4n) is 3.42. The van der Waals surface area contributed by atoms with E-state index in [9.17, 15) is 22.8 Å². The van der Waals surface area contributed by atoms with Crippen LogP contribution in [0.15, 0.2) is 60.8 Å². The molecule has 2 aromatic carbocycles. The van der Waals surface area contributed by atoms with Gasteiger partial charge in [0.2, 0.25) is 0 Å². The molecule has 0 spiro atoms. The van der Waals surface area contributed by atoms with Gasteiger partial charge in [-0.25, -0.2) is 19.7 Å². The fraction of sp³-hybridized carbons (Fsp3) is 0.160. The summed E-state index contributed by atoms with van der Waals surface area (Å²) in [6.07, 6.45) is -2.64. The van der Waals surface area contributed by atoms with Crippen molar-refractivity contribution in [3.8, 4) is 0 Å². The van der Waals surface area contributed by atoms with Gasteiger partial charge in [-0.05, 0) is 55.8 Å². The summed E-state index contributed by atoms with van der Waals surface area (Å²) in [4.78, 5) is 36.8. The van der Waals surface area contributed by atoms with E-state index in [0.717, 1.165) is 23.4 Å². The molecular weight excluding hydrogens is 473 g/mol. The number of benzene rings is 2. The summed E-state index contributed by atoms with van der Waals surface area (Å²) in [6, 6.07) is 12.6. The van der Waals surface area contributed by atoms with Crippen molar-refractivity contribution >= 4 is 45.9 Å². The number of amides is 2. The molecule has 2 aromatic heterocycles. The molecule has 0 aliphatic carbocycles. The van der Waals surface area contributed by atoms with Crippen molar-refractivity contribution in [1.82, 2.24) is 15.0 Å². The fourth-order valence-corrected chi connectivity index (χ4v) is 3.42. The molecule has 0 unspecified atom stereocenters. The summed E-state index contributed by atoms with van der Waals surface area (Å²) in [7, 11) is 0. The van der Waals surface area contributed by atoms with Crippen LogP contribution in [0.2, 0.25) is 0 Å². The zero-order chi connectivity index (χ0) is 25.9. The van der Waals surface area contributed by atoms with E-state index < -0.39 is 17.8 Å². The van der Waals surface area contributed by atoms with E-state index in [0.29, 0.717) is 34.8 Å². The molecule has 0 fully saturated rings. The van der Waals surface area contributed by atoms with Crippen LogP contribution in [0.1, 0.15) is 23.7 Å². The monoisotopic (exact) mass is 494 g/mol. The summed E-state index contributed by atoms with van der Waals surface area (Å²) in [5.74, 6) is 0.538. The second-order valence-corrected chi connectivity index (χ2v) is 8.08. The molecule has 4 rings (SSSR count). The normalized spacial score (nSPS) is 11.2. The first kappa shape index (κ1) is 24.6. The van der Waals surface area contributed by atoms with Crippen molar-refractivity contribution in [2.24, 2.45) is 0 Å². The highest BCUT2D eigenvalue weighted by Gasteiger charge is 2.30. The summed E-state index contributed by atoms with van der Waals surface area (Å²) < 4.78 is 38.7. The van der Waals surface area contributed by atoms with E-state index in [4.69, 9.17) is 0 Å². The molecule has 2 amide bonds. The first-order valence-corrected chi connectivity index (χ1v) is 10.8. The molecule has 184 valence electrons. The Hall–Kier alpha value is -4.54. The molecule has 8 nitrogen and oxygen atoms in total. The number of alkyl halides is 3. The first-order valence-electron chi connectivity index (χ1n) is 10.8. The van der Waals surface area contributed by atoms with Crippen LogP contribution in [0.25, 0.3) is 11.2 Å². The smallest absolute Gasteiger partial charge is 0.339 e. The second kappa shape index (κ2) is 9.98. The predicted molar refractivity (Wildman–Crippen MR) is 130 cm³/mol. The number of aromatic nitrogens is 3. The predicted octanol–water partition coefficient (Wildman–Crippen LogP) is 5.87. The molecule has 2 heterocycles. The third-order valence-electron chi connectivity index (χ3n) is 5.10. The molecular formula is C25H21F3N6O2. The Kier molecular flexibility index (Phi) is 6.82. The van der Waals surface area contributed by atoms with Gasteiger partial charge in [-0.2, -0.15) is 13.2 Å². The van der Waals surface area contributed by atoms with Gasteiger partial charge in [-0.15, -0.1) is 0 Å². The summed E-state index contributed by atoms with van der Waals surface area (Å²) >= 11 is 0. The van der Waals surface area contributed by atoms with Crippen LogP contribution >= 0.6 is 0 Å². The lowest BCUT2D eigenvalue weighted by atomic mass is 10.1. The number of anilines is 4. The lowest BCUT2D eigenvalue weighted by molar-refractivity contribution is -0.137. The summed E-state index contributed by atoms with van der Waals surface area (Å²) in [5, 5.41) is 8.09. The quantitative estimate of drug-likeness (QED) is 0.309. The van der Waals surface area contributed by atoms with Crippen molar-refractivity contribution in [1.29, 1.82) is 0 Å². The van der Waals surface area contributed by atoms with Crippen molar-refractivity contribution in [2.75, 3.05) is 16.0 Å². The molecule has 0 aliphatic heterocycles. The number of hydrogen-bond acceptors (Lipinski definition) is 6. The van der Waals surface area contributed by atoms with Crippen molar-refractivity contribution in [3.05, 3.63) is 77.6 Å². The Morgan fingerprint density at radius 2 is 1.69 bits per heavy atom. The minimum atomic E-state index is -4.52. The number of halogens is 3. The maximum absolute atomic E-state index is 12.9. The Labute approximate surface area is 204 Å². The standard InChI is InChI=1S/C25H21F3N6O2/c1-14(35)10-16-6-8-18(9-7-16)31-22-13-29-21-12-20(15(2)30-23(21)34-22)33-24(36)32-19-5-3-4-17(11-19)25(26,27)28/h3-9,11-13H,10H2,1-2H3,(H,30,31,34)(H2,32,33,36). The van der Waals surface area contributed by atoms with E-state index in [-0.39, 0.29) is 11.5 Å². The van der Waals surface area contributed by atoms with Gasteiger partial charge < -0.3 is 16.0 Å².